The Bertz CT molecular complexity index is 945. The summed E-state index contributed by atoms with van der Waals surface area (Å²) < 4.78 is 5.13. The minimum absolute atomic E-state index is 0.279. The fourth-order valence-corrected chi connectivity index (χ4v) is 2.62. The van der Waals surface area contributed by atoms with Crippen LogP contribution in [0.1, 0.15) is 21.7 Å². The van der Waals surface area contributed by atoms with Gasteiger partial charge < -0.3 is 15.4 Å². The molecule has 0 fully saturated rings. The van der Waals surface area contributed by atoms with Gasteiger partial charge in [-0.05, 0) is 42.8 Å². The zero-order valence-corrected chi connectivity index (χ0v) is 15.7. The summed E-state index contributed by atoms with van der Waals surface area (Å²) in [6.07, 6.45) is 0. The molecule has 0 unspecified atom stereocenters. The minimum atomic E-state index is -0.279. The second-order valence-electron chi connectivity index (χ2n) is 5.85. The number of nitrogens with one attached hydrogen (secondary N) is 2. The number of halogens is 1. The highest BCUT2D eigenvalue weighted by atomic mass is 35.5. The maximum Gasteiger partial charge on any atom is 0.270 e. The standard InChI is InChI=1S/C20H19ClN4O2/c1-13-11-18(19(26)22-12-14-7-9-15(27-2)10-8-14)25-20(23-13)24-17-6-4-3-5-16(17)21/h3-11H,12H2,1-2H3,(H,22,26)(H,23,24,25). The Morgan fingerprint density at radius 2 is 1.85 bits per heavy atom. The van der Waals surface area contributed by atoms with Gasteiger partial charge in [0, 0.05) is 12.2 Å². The van der Waals surface area contributed by atoms with Crippen molar-refractivity contribution in [2.24, 2.45) is 0 Å². The third kappa shape index (κ3) is 4.95. The van der Waals surface area contributed by atoms with Crippen molar-refractivity contribution in [3.8, 4) is 5.75 Å². The number of hydrogen-bond acceptors (Lipinski definition) is 5. The Morgan fingerprint density at radius 1 is 1.11 bits per heavy atom. The van der Waals surface area contributed by atoms with Crippen molar-refractivity contribution in [3.05, 3.63) is 76.6 Å². The largest absolute Gasteiger partial charge is 0.497 e. The molecule has 2 aromatic carbocycles. The Kier molecular flexibility index (Phi) is 5.88. The summed E-state index contributed by atoms with van der Waals surface area (Å²) in [4.78, 5) is 21.1. The summed E-state index contributed by atoms with van der Waals surface area (Å²) in [7, 11) is 1.61. The van der Waals surface area contributed by atoms with Gasteiger partial charge in [-0.15, -0.1) is 0 Å². The van der Waals surface area contributed by atoms with Crippen molar-refractivity contribution >= 4 is 29.1 Å². The van der Waals surface area contributed by atoms with Gasteiger partial charge in [-0.2, -0.15) is 0 Å². The topological polar surface area (TPSA) is 76.1 Å². The van der Waals surface area contributed by atoms with Gasteiger partial charge in [0.2, 0.25) is 5.95 Å². The fraction of sp³-hybridized carbons (Fsp3) is 0.150. The van der Waals surface area contributed by atoms with Crippen molar-refractivity contribution in [2.45, 2.75) is 13.5 Å². The van der Waals surface area contributed by atoms with Crippen LogP contribution in [-0.4, -0.2) is 23.0 Å². The van der Waals surface area contributed by atoms with E-state index in [2.05, 4.69) is 20.6 Å². The normalized spacial score (nSPS) is 10.3. The molecule has 3 aromatic rings. The van der Waals surface area contributed by atoms with E-state index in [1.165, 1.54) is 0 Å². The molecular formula is C20H19ClN4O2. The van der Waals surface area contributed by atoms with Gasteiger partial charge in [0.25, 0.3) is 5.91 Å². The van der Waals surface area contributed by atoms with E-state index in [4.69, 9.17) is 16.3 Å². The van der Waals surface area contributed by atoms with Gasteiger partial charge in [-0.1, -0.05) is 35.9 Å². The number of ether oxygens (including phenoxy) is 1. The first kappa shape index (κ1) is 18.7. The van der Waals surface area contributed by atoms with E-state index >= 15 is 0 Å². The first-order chi connectivity index (χ1) is 13.0. The molecule has 0 aliphatic carbocycles. The smallest absolute Gasteiger partial charge is 0.270 e. The lowest BCUT2D eigenvalue weighted by atomic mass is 10.2. The highest BCUT2D eigenvalue weighted by molar-refractivity contribution is 6.33. The maximum absolute atomic E-state index is 12.5. The van der Waals surface area contributed by atoms with Crippen molar-refractivity contribution in [1.29, 1.82) is 0 Å². The van der Waals surface area contributed by atoms with Crippen LogP contribution in [0, 0.1) is 6.92 Å². The summed E-state index contributed by atoms with van der Waals surface area (Å²) in [5.74, 6) is 0.808. The highest BCUT2D eigenvalue weighted by Crippen LogP contribution is 2.23. The van der Waals surface area contributed by atoms with E-state index in [0.29, 0.717) is 28.9 Å². The van der Waals surface area contributed by atoms with Crippen molar-refractivity contribution in [1.82, 2.24) is 15.3 Å². The molecule has 1 aromatic heterocycles. The molecule has 138 valence electrons. The molecule has 0 radical (unpaired) electrons. The Balaban J connectivity index is 1.70. The van der Waals surface area contributed by atoms with Crippen molar-refractivity contribution in [2.75, 3.05) is 12.4 Å². The number of rotatable bonds is 6. The zero-order valence-electron chi connectivity index (χ0n) is 15.0. The molecule has 1 amide bonds. The Morgan fingerprint density at radius 3 is 2.56 bits per heavy atom. The Labute approximate surface area is 162 Å². The van der Waals surface area contributed by atoms with Crippen LogP contribution in [0.5, 0.6) is 5.75 Å². The van der Waals surface area contributed by atoms with Gasteiger partial charge in [-0.3, -0.25) is 4.79 Å². The van der Waals surface area contributed by atoms with Crippen molar-refractivity contribution in [3.63, 3.8) is 0 Å². The molecule has 0 atom stereocenters. The summed E-state index contributed by atoms with van der Waals surface area (Å²) in [6, 6.07) is 16.4. The Hall–Kier alpha value is -3.12. The molecule has 7 heteroatoms. The molecule has 6 nitrogen and oxygen atoms in total. The third-order valence-corrected chi connectivity index (χ3v) is 4.15. The van der Waals surface area contributed by atoms with E-state index in [1.54, 1.807) is 26.2 Å². The van der Waals surface area contributed by atoms with E-state index in [1.807, 2.05) is 42.5 Å². The molecule has 0 spiro atoms. The maximum atomic E-state index is 12.5. The number of carbonyl (C=O) groups is 1. The SMILES string of the molecule is COc1ccc(CNC(=O)c2cc(C)nc(Nc3ccccc3Cl)n2)cc1. The molecule has 0 saturated heterocycles. The monoisotopic (exact) mass is 382 g/mol. The van der Waals surface area contributed by atoms with Gasteiger partial charge >= 0.3 is 0 Å². The molecule has 0 saturated carbocycles. The lowest BCUT2D eigenvalue weighted by molar-refractivity contribution is 0.0945. The number of aromatic nitrogens is 2. The average Bonchev–Trinajstić information content (AvgIpc) is 2.68. The summed E-state index contributed by atoms with van der Waals surface area (Å²) in [5.41, 5.74) is 2.60. The first-order valence-corrected chi connectivity index (χ1v) is 8.71. The second-order valence-corrected chi connectivity index (χ2v) is 6.26. The number of anilines is 2. The number of hydrogen-bond donors (Lipinski definition) is 2. The third-order valence-electron chi connectivity index (χ3n) is 3.82. The molecule has 0 aliphatic heterocycles. The van der Waals surface area contributed by atoms with Gasteiger partial charge in [-0.25, -0.2) is 9.97 Å². The quantitative estimate of drug-likeness (QED) is 0.670. The highest BCUT2D eigenvalue weighted by Gasteiger charge is 2.11. The fourth-order valence-electron chi connectivity index (χ4n) is 2.44. The number of methoxy groups -OCH3 is 1. The lowest BCUT2D eigenvalue weighted by Gasteiger charge is -2.10. The number of carbonyl (C=O) groups excluding carboxylic acids is 1. The first-order valence-electron chi connectivity index (χ1n) is 8.33. The van der Waals surface area contributed by atoms with Crippen LogP contribution >= 0.6 is 11.6 Å². The average molecular weight is 383 g/mol. The minimum Gasteiger partial charge on any atom is -0.497 e. The molecular weight excluding hydrogens is 364 g/mol. The van der Waals surface area contributed by atoms with Gasteiger partial charge in [0.05, 0.1) is 17.8 Å². The van der Waals surface area contributed by atoms with E-state index in [-0.39, 0.29) is 11.6 Å². The molecule has 3 rings (SSSR count). The molecule has 0 aliphatic rings. The van der Waals surface area contributed by atoms with Crippen LogP contribution in [-0.2, 0) is 6.54 Å². The van der Waals surface area contributed by atoms with Gasteiger partial charge in [0.1, 0.15) is 11.4 Å². The van der Waals surface area contributed by atoms with Crippen molar-refractivity contribution < 1.29 is 9.53 Å². The van der Waals surface area contributed by atoms with E-state index in [0.717, 1.165) is 11.3 Å². The number of nitrogens with zero attached hydrogens (tertiary/aromatic N) is 2. The molecule has 1 heterocycles. The molecule has 27 heavy (non-hydrogen) atoms. The van der Waals surface area contributed by atoms with Crippen LogP contribution in [0.3, 0.4) is 0 Å². The number of aryl methyl sites for hydroxylation is 1. The summed E-state index contributed by atoms with van der Waals surface area (Å²) in [5, 5.41) is 6.45. The summed E-state index contributed by atoms with van der Waals surface area (Å²) >= 11 is 6.15. The van der Waals surface area contributed by atoms with Crippen LogP contribution in [0.25, 0.3) is 0 Å². The lowest BCUT2D eigenvalue weighted by Crippen LogP contribution is -2.24. The van der Waals surface area contributed by atoms with E-state index in [9.17, 15) is 4.79 Å². The van der Waals surface area contributed by atoms with E-state index < -0.39 is 0 Å². The molecule has 2 N–H and O–H groups in total. The van der Waals surface area contributed by atoms with Crippen LogP contribution < -0.4 is 15.4 Å². The molecule has 0 bridgehead atoms. The van der Waals surface area contributed by atoms with Gasteiger partial charge in [0.15, 0.2) is 0 Å². The van der Waals surface area contributed by atoms with Crippen LogP contribution in [0.15, 0.2) is 54.6 Å². The van der Waals surface area contributed by atoms with Crippen LogP contribution in [0.2, 0.25) is 5.02 Å². The predicted octanol–water partition coefficient (Wildman–Crippen LogP) is 4.12. The van der Waals surface area contributed by atoms with Crippen LogP contribution in [0.4, 0.5) is 11.6 Å². The number of amides is 1. The zero-order chi connectivity index (χ0) is 19.2. The predicted molar refractivity (Wildman–Crippen MR) is 106 cm³/mol. The number of benzene rings is 2. The second kappa shape index (κ2) is 8.51. The summed E-state index contributed by atoms with van der Waals surface area (Å²) in [6.45, 7) is 2.19. The number of para-hydroxylation sites is 1.